The number of aryl methyl sites for hydroxylation is 2. The lowest BCUT2D eigenvalue weighted by atomic mass is 9.96. The number of benzene rings is 1. The number of rotatable bonds is 6. The fraction of sp³-hybridized carbons (Fsp3) is 0.524. The van der Waals surface area contributed by atoms with Gasteiger partial charge in [0.25, 0.3) is 0 Å². The Hall–Kier alpha value is -2.30. The highest BCUT2D eigenvalue weighted by Gasteiger charge is 2.14. The van der Waals surface area contributed by atoms with E-state index >= 15 is 0 Å². The molecule has 0 radical (unpaired) electrons. The summed E-state index contributed by atoms with van der Waals surface area (Å²) in [6.07, 6.45) is 10.8. The van der Waals surface area contributed by atoms with E-state index in [1.807, 2.05) is 29.9 Å². The van der Waals surface area contributed by atoms with Crippen LogP contribution >= 0.6 is 0 Å². The molecule has 1 aromatic carbocycles. The topological polar surface area (TPSA) is 54.2 Å². The van der Waals surface area contributed by atoms with E-state index in [-0.39, 0.29) is 0 Å². The summed E-state index contributed by atoms with van der Waals surface area (Å²) in [6.45, 7) is 3.01. The van der Waals surface area contributed by atoms with Gasteiger partial charge in [-0.2, -0.15) is 5.10 Å². The van der Waals surface area contributed by atoms with Crippen LogP contribution in [0.3, 0.4) is 0 Å². The van der Waals surface area contributed by atoms with Crippen LogP contribution in [-0.2, 0) is 6.42 Å². The molecule has 0 amide bonds. The van der Waals surface area contributed by atoms with Gasteiger partial charge >= 0.3 is 0 Å². The molecule has 0 unspecified atom stereocenters. The van der Waals surface area contributed by atoms with Crippen LogP contribution < -0.4 is 10.6 Å². The molecule has 0 bridgehead atoms. The zero-order chi connectivity index (χ0) is 18.2. The van der Waals surface area contributed by atoms with E-state index in [2.05, 4.69) is 46.0 Å². The van der Waals surface area contributed by atoms with Crippen LogP contribution in [0, 0.1) is 6.92 Å². The van der Waals surface area contributed by atoms with Gasteiger partial charge in [0.15, 0.2) is 5.96 Å². The van der Waals surface area contributed by atoms with Crippen molar-refractivity contribution in [3.8, 4) is 5.69 Å². The van der Waals surface area contributed by atoms with Crippen LogP contribution in [0.15, 0.2) is 41.5 Å². The van der Waals surface area contributed by atoms with Crippen molar-refractivity contribution in [2.24, 2.45) is 4.99 Å². The number of aliphatic imine (C=N–C) groups is 1. The smallest absolute Gasteiger partial charge is 0.191 e. The maximum atomic E-state index is 4.65. The molecule has 1 aliphatic carbocycles. The van der Waals surface area contributed by atoms with Crippen molar-refractivity contribution in [1.29, 1.82) is 0 Å². The lowest BCUT2D eigenvalue weighted by molar-refractivity contribution is 0.410. The maximum absolute atomic E-state index is 4.65. The molecule has 2 N–H and O–H groups in total. The minimum absolute atomic E-state index is 0.585. The normalized spacial score (nSPS) is 15.8. The Bertz CT molecular complexity index is 698. The summed E-state index contributed by atoms with van der Waals surface area (Å²) in [6, 6.07) is 10.9. The Morgan fingerprint density at radius 1 is 1.19 bits per heavy atom. The summed E-state index contributed by atoms with van der Waals surface area (Å²) in [7, 11) is 1.85. The molecule has 1 saturated carbocycles. The molecule has 5 nitrogen and oxygen atoms in total. The summed E-state index contributed by atoms with van der Waals surface area (Å²) in [5, 5.41) is 11.7. The first-order chi connectivity index (χ1) is 12.8. The Morgan fingerprint density at radius 2 is 1.96 bits per heavy atom. The van der Waals surface area contributed by atoms with Crippen molar-refractivity contribution in [2.75, 3.05) is 13.6 Å². The number of hydrogen-bond donors (Lipinski definition) is 2. The molecule has 1 aromatic heterocycles. The third kappa shape index (κ3) is 5.10. The van der Waals surface area contributed by atoms with E-state index in [0.29, 0.717) is 6.04 Å². The second-order valence-corrected chi connectivity index (χ2v) is 7.10. The number of hydrogen-bond acceptors (Lipinski definition) is 2. The van der Waals surface area contributed by atoms with Crippen LogP contribution in [-0.4, -0.2) is 35.4 Å². The van der Waals surface area contributed by atoms with Crippen LogP contribution in [0.2, 0.25) is 0 Å². The molecule has 1 aliphatic rings. The first kappa shape index (κ1) is 18.5. The molecule has 26 heavy (non-hydrogen) atoms. The highest BCUT2D eigenvalue weighted by Crippen LogP contribution is 2.17. The lowest BCUT2D eigenvalue weighted by Crippen LogP contribution is -2.44. The van der Waals surface area contributed by atoms with Crippen LogP contribution in [0.4, 0.5) is 0 Å². The summed E-state index contributed by atoms with van der Waals surface area (Å²) in [4.78, 5) is 4.37. The van der Waals surface area contributed by atoms with Gasteiger partial charge in [0, 0.05) is 25.8 Å². The van der Waals surface area contributed by atoms with Crippen molar-refractivity contribution in [1.82, 2.24) is 20.4 Å². The van der Waals surface area contributed by atoms with Gasteiger partial charge < -0.3 is 10.6 Å². The lowest BCUT2D eigenvalue weighted by Gasteiger charge is -2.24. The second kappa shape index (κ2) is 9.41. The molecular weight excluding hydrogens is 322 g/mol. The molecule has 0 aliphatic heterocycles. The second-order valence-electron chi connectivity index (χ2n) is 7.10. The van der Waals surface area contributed by atoms with E-state index < -0.39 is 0 Å². The average molecular weight is 354 g/mol. The van der Waals surface area contributed by atoms with Crippen LogP contribution in [0.1, 0.15) is 49.8 Å². The third-order valence-electron chi connectivity index (χ3n) is 5.11. The van der Waals surface area contributed by atoms with Crippen LogP contribution in [0.5, 0.6) is 0 Å². The van der Waals surface area contributed by atoms with Gasteiger partial charge in [0.2, 0.25) is 0 Å². The Balaban J connectivity index is 1.45. The Kier molecular flexibility index (Phi) is 6.69. The standard InChI is InChI=1S/C21H31N5/c1-17-18(16-26(25-17)20-13-7-4-8-14-20)10-9-15-23-21(22-2)24-19-11-5-3-6-12-19/h4,7-8,13-14,16,19H,3,5-6,9-12,15H2,1-2H3,(H2,22,23,24). The van der Waals surface area contributed by atoms with Gasteiger partial charge in [-0.05, 0) is 50.3 Å². The average Bonchev–Trinajstić information content (AvgIpc) is 3.06. The van der Waals surface area contributed by atoms with E-state index in [4.69, 9.17) is 0 Å². The van der Waals surface area contributed by atoms with Crippen LogP contribution in [0.25, 0.3) is 5.69 Å². The van der Waals surface area contributed by atoms with Crippen molar-refractivity contribution in [3.63, 3.8) is 0 Å². The predicted molar refractivity (Wildman–Crippen MR) is 108 cm³/mol. The number of guanidine groups is 1. The molecule has 140 valence electrons. The molecule has 0 saturated heterocycles. The summed E-state index contributed by atoms with van der Waals surface area (Å²) in [5.74, 6) is 0.939. The first-order valence-electron chi connectivity index (χ1n) is 9.84. The highest BCUT2D eigenvalue weighted by molar-refractivity contribution is 5.79. The first-order valence-corrected chi connectivity index (χ1v) is 9.84. The number of nitrogens with zero attached hydrogens (tertiary/aromatic N) is 3. The van der Waals surface area contributed by atoms with Gasteiger partial charge in [-0.1, -0.05) is 37.5 Å². The Labute approximate surface area is 156 Å². The summed E-state index contributed by atoms with van der Waals surface area (Å²) in [5.41, 5.74) is 3.53. The van der Waals surface area contributed by atoms with Crippen molar-refractivity contribution < 1.29 is 0 Å². The minimum atomic E-state index is 0.585. The molecule has 0 spiro atoms. The molecular formula is C21H31N5. The fourth-order valence-electron chi connectivity index (χ4n) is 3.57. The predicted octanol–water partition coefficient (Wildman–Crippen LogP) is 3.61. The van der Waals surface area contributed by atoms with Gasteiger partial charge in [0.05, 0.1) is 11.4 Å². The van der Waals surface area contributed by atoms with E-state index in [0.717, 1.165) is 36.7 Å². The monoisotopic (exact) mass is 353 g/mol. The van der Waals surface area contributed by atoms with Gasteiger partial charge in [0.1, 0.15) is 0 Å². The molecule has 2 aromatic rings. The van der Waals surface area contributed by atoms with E-state index in [1.54, 1.807) is 0 Å². The van der Waals surface area contributed by atoms with Crippen molar-refractivity contribution >= 4 is 5.96 Å². The molecule has 3 rings (SSSR count). The molecule has 0 atom stereocenters. The molecule has 1 fully saturated rings. The summed E-state index contributed by atoms with van der Waals surface area (Å²) >= 11 is 0. The minimum Gasteiger partial charge on any atom is -0.356 e. The SMILES string of the molecule is CN=C(NCCCc1cn(-c2ccccc2)nc1C)NC1CCCCC1. The van der Waals surface area contributed by atoms with E-state index in [9.17, 15) is 0 Å². The third-order valence-corrected chi connectivity index (χ3v) is 5.11. The van der Waals surface area contributed by atoms with E-state index in [1.165, 1.54) is 37.7 Å². The maximum Gasteiger partial charge on any atom is 0.191 e. The zero-order valence-corrected chi connectivity index (χ0v) is 16.0. The number of para-hydroxylation sites is 1. The van der Waals surface area contributed by atoms with Gasteiger partial charge in [-0.15, -0.1) is 0 Å². The van der Waals surface area contributed by atoms with Crippen molar-refractivity contribution in [2.45, 2.75) is 57.9 Å². The fourth-order valence-corrected chi connectivity index (χ4v) is 3.57. The Morgan fingerprint density at radius 3 is 2.69 bits per heavy atom. The van der Waals surface area contributed by atoms with Crippen molar-refractivity contribution in [3.05, 3.63) is 47.8 Å². The zero-order valence-electron chi connectivity index (χ0n) is 16.0. The number of nitrogens with one attached hydrogen (secondary N) is 2. The number of aromatic nitrogens is 2. The highest BCUT2D eigenvalue weighted by atomic mass is 15.3. The molecule has 5 heteroatoms. The van der Waals surface area contributed by atoms with Gasteiger partial charge in [-0.3, -0.25) is 4.99 Å². The van der Waals surface area contributed by atoms with Gasteiger partial charge in [-0.25, -0.2) is 4.68 Å². The molecule has 1 heterocycles. The summed E-state index contributed by atoms with van der Waals surface area (Å²) < 4.78 is 1.97. The quantitative estimate of drug-likeness (QED) is 0.474. The largest absolute Gasteiger partial charge is 0.356 e.